The molecule has 0 aliphatic rings. The minimum absolute atomic E-state index is 0.101. The quantitative estimate of drug-likeness (QED) is 0.777. The van der Waals surface area contributed by atoms with E-state index in [1.165, 1.54) is 13.2 Å². The summed E-state index contributed by atoms with van der Waals surface area (Å²) in [5, 5.41) is 17.9. The van der Waals surface area contributed by atoms with Crippen LogP contribution in [0.5, 0.6) is 17.6 Å². The Morgan fingerprint density at radius 2 is 2.32 bits per heavy atom. The Labute approximate surface area is 107 Å². The van der Waals surface area contributed by atoms with Crippen molar-refractivity contribution >= 4 is 5.97 Å². The van der Waals surface area contributed by atoms with Crippen molar-refractivity contribution in [3.05, 3.63) is 23.4 Å². The number of nitrogens with one attached hydrogen (secondary N) is 1. The van der Waals surface area contributed by atoms with Crippen LogP contribution in [-0.2, 0) is 0 Å². The van der Waals surface area contributed by atoms with E-state index in [1.54, 1.807) is 6.07 Å². The predicted octanol–water partition coefficient (Wildman–Crippen LogP) is 0.680. The molecule has 2 N–H and O–H groups in total. The number of aromatic carboxylic acids is 1. The second-order valence-corrected chi connectivity index (χ2v) is 3.25. The van der Waals surface area contributed by atoms with Gasteiger partial charge in [-0.05, 0) is 6.07 Å². The molecule has 0 saturated heterocycles. The van der Waals surface area contributed by atoms with Crippen LogP contribution in [0.15, 0.2) is 12.1 Å². The minimum atomic E-state index is -1.27. The summed E-state index contributed by atoms with van der Waals surface area (Å²) in [5.41, 5.74) is 0.109. The van der Waals surface area contributed by atoms with Crippen molar-refractivity contribution in [2.45, 2.75) is 0 Å². The SMILES string of the molecule is C#Cc1ccc(Oc2[nH]nnc2C(=O)O)nc1OC. The van der Waals surface area contributed by atoms with E-state index in [-0.39, 0.29) is 23.3 Å². The Balaban J connectivity index is 2.31. The highest BCUT2D eigenvalue weighted by atomic mass is 16.5. The lowest BCUT2D eigenvalue weighted by molar-refractivity contribution is 0.0687. The van der Waals surface area contributed by atoms with Crippen molar-refractivity contribution in [2.24, 2.45) is 0 Å². The molecule has 2 heterocycles. The minimum Gasteiger partial charge on any atom is -0.480 e. The van der Waals surface area contributed by atoms with Gasteiger partial charge in [0.05, 0.1) is 12.7 Å². The summed E-state index contributed by atoms with van der Waals surface area (Å²) in [6.07, 6.45) is 5.26. The molecule has 0 amide bonds. The fourth-order valence-corrected chi connectivity index (χ4v) is 1.28. The van der Waals surface area contributed by atoms with Crippen LogP contribution in [0.25, 0.3) is 0 Å². The molecule has 0 aliphatic heterocycles. The standard InChI is InChI=1S/C11H8N4O4/c1-3-6-4-5-7(12-9(6)18-2)19-10-8(11(16)17)13-15-14-10/h1,4-5H,2H3,(H,16,17)(H,13,14,15). The third-order valence-corrected chi connectivity index (χ3v) is 2.11. The maximum absolute atomic E-state index is 10.8. The molecule has 0 fully saturated rings. The molecule has 0 aliphatic carbocycles. The Hall–Kier alpha value is -3.08. The molecule has 19 heavy (non-hydrogen) atoms. The van der Waals surface area contributed by atoms with Crippen LogP contribution in [0.3, 0.4) is 0 Å². The van der Waals surface area contributed by atoms with Crippen molar-refractivity contribution in [1.82, 2.24) is 20.4 Å². The lowest BCUT2D eigenvalue weighted by atomic mass is 10.3. The number of rotatable bonds is 4. The number of carboxylic acid groups (broad SMARTS) is 1. The van der Waals surface area contributed by atoms with Gasteiger partial charge in [-0.15, -0.1) is 11.5 Å². The van der Waals surface area contributed by atoms with Crippen LogP contribution in [0.1, 0.15) is 16.1 Å². The van der Waals surface area contributed by atoms with Crippen LogP contribution in [-0.4, -0.2) is 38.6 Å². The number of aromatic nitrogens is 4. The van der Waals surface area contributed by atoms with Gasteiger partial charge in [-0.2, -0.15) is 4.98 Å². The lowest BCUT2D eigenvalue weighted by Crippen LogP contribution is -2.01. The average molecular weight is 260 g/mol. The average Bonchev–Trinajstić information content (AvgIpc) is 2.87. The summed E-state index contributed by atoms with van der Waals surface area (Å²) >= 11 is 0. The number of hydrogen-bond donors (Lipinski definition) is 2. The first-order valence-electron chi connectivity index (χ1n) is 4.99. The van der Waals surface area contributed by atoms with Gasteiger partial charge in [0.25, 0.3) is 5.88 Å². The highest BCUT2D eigenvalue weighted by molar-refractivity contribution is 5.87. The smallest absolute Gasteiger partial charge is 0.362 e. The second-order valence-electron chi connectivity index (χ2n) is 3.25. The molecule has 2 rings (SSSR count). The van der Waals surface area contributed by atoms with Gasteiger partial charge in [-0.1, -0.05) is 11.1 Å². The van der Waals surface area contributed by atoms with Crippen LogP contribution >= 0.6 is 0 Å². The van der Waals surface area contributed by atoms with Gasteiger partial charge in [-0.3, -0.25) is 0 Å². The first-order valence-corrected chi connectivity index (χ1v) is 4.99. The van der Waals surface area contributed by atoms with Gasteiger partial charge >= 0.3 is 5.97 Å². The summed E-state index contributed by atoms with van der Waals surface area (Å²) < 4.78 is 10.2. The van der Waals surface area contributed by atoms with E-state index < -0.39 is 5.97 Å². The third-order valence-electron chi connectivity index (χ3n) is 2.11. The maximum atomic E-state index is 10.8. The number of hydrogen-bond acceptors (Lipinski definition) is 6. The fraction of sp³-hybridized carbons (Fsp3) is 0.0909. The van der Waals surface area contributed by atoms with Gasteiger partial charge in [0.15, 0.2) is 0 Å². The van der Waals surface area contributed by atoms with Gasteiger partial charge in [-0.25, -0.2) is 9.89 Å². The topological polar surface area (TPSA) is 110 Å². The number of aromatic amines is 1. The van der Waals surface area contributed by atoms with Gasteiger partial charge in [0.2, 0.25) is 17.5 Å². The van der Waals surface area contributed by atoms with Crippen LogP contribution in [0.2, 0.25) is 0 Å². The van der Waals surface area contributed by atoms with Gasteiger partial charge < -0.3 is 14.6 Å². The number of pyridine rings is 1. The first-order chi connectivity index (χ1) is 9.15. The normalized spacial score (nSPS) is 9.68. The zero-order valence-electron chi connectivity index (χ0n) is 9.75. The molecular formula is C11H8N4O4. The molecule has 0 radical (unpaired) electrons. The van der Waals surface area contributed by atoms with E-state index in [0.717, 1.165) is 0 Å². The van der Waals surface area contributed by atoms with Crippen molar-refractivity contribution in [3.63, 3.8) is 0 Å². The highest BCUT2D eigenvalue weighted by Gasteiger charge is 2.17. The molecule has 0 unspecified atom stereocenters. The maximum Gasteiger partial charge on any atom is 0.362 e. The van der Waals surface area contributed by atoms with E-state index in [4.69, 9.17) is 21.0 Å². The Morgan fingerprint density at radius 3 is 2.95 bits per heavy atom. The summed E-state index contributed by atoms with van der Waals surface area (Å²) in [6, 6.07) is 3.04. The third kappa shape index (κ3) is 2.44. The molecular weight excluding hydrogens is 252 g/mol. The largest absolute Gasteiger partial charge is 0.480 e. The molecule has 0 atom stereocenters. The molecule has 8 nitrogen and oxygen atoms in total. The van der Waals surface area contributed by atoms with E-state index in [2.05, 4.69) is 26.3 Å². The second kappa shape index (κ2) is 5.05. The van der Waals surface area contributed by atoms with Crippen molar-refractivity contribution in [2.75, 3.05) is 7.11 Å². The predicted molar refractivity (Wildman–Crippen MR) is 62.1 cm³/mol. The van der Waals surface area contributed by atoms with Gasteiger partial charge in [0, 0.05) is 6.07 Å². The summed E-state index contributed by atoms with van der Waals surface area (Å²) in [5.74, 6) is 1.30. The molecule has 0 aromatic carbocycles. The lowest BCUT2D eigenvalue weighted by Gasteiger charge is -2.06. The van der Waals surface area contributed by atoms with E-state index in [9.17, 15) is 4.79 Å². The van der Waals surface area contributed by atoms with E-state index in [1.807, 2.05) is 0 Å². The zero-order valence-corrected chi connectivity index (χ0v) is 9.75. The van der Waals surface area contributed by atoms with Gasteiger partial charge in [0.1, 0.15) is 0 Å². The summed E-state index contributed by atoms with van der Waals surface area (Å²) in [7, 11) is 1.41. The van der Waals surface area contributed by atoms with Crippen LogP contribution < -0.4 is 9.47 Å². The first kappa shape index (κ1) is 12.4. The molecule has 8 heteroatoms. The number of H-pyrrole nitrogens is 1. The van der Waals surface area contributed by atoms with Crippen molar-refractivity contribution < 1.29 is 19.4 Å². The monoisotopic (exact) mass is 260 g/mol. The van der Waals surface area contributed by atoms with Crippen LogP contribution in [0.4, 0.5) is 0 Å². The van der Waals surface area contributed by atoms with E-state index in [0.29, 0.717) is 5.56 Å². The van der Waals surface area contributed by atoms with Crippen LogP contribution in [0, 0.1) is 12.3 Å². The molecule has 0 bridgehead atoms. The Bertz CT molecular complexity index is 659. The Morgan fingerprint density at radius 1 is 1.53 bits per heavy atom. The number of carboxylic acids is 1. The zero-order chi connectivity index (χ0) is 13.8. The molecule has 96 valence electrons. The number of ether oxygens (including phenoxy) is 2. The molecule has 0 saturated carbocycles. The summed E-state index contributed by atoms with van der Waals surface area (Å²) in [4.78, 5) is 14.8. The highest BCUT2D eigenvalue weighted by Crippen LogP contribution is 2.24. The Kier molecular flexibility index (Phi) is 3.29. The fourth-order valence-electron chi connectivity index (χ4n) is 1.28. The molecule has 2 aromatic heterocycles. The van der Waals surface area contributed by atoms with Crippen molar-refractivity contribution in [1.29, 1.82) is 0 Å². The molecule has 2 aromatic rings. The number of nitrogens with zero attached hydrogens (tertiary/aromatic N) is 3. The number of carbonyl (C=O) groups is 1. The van der Waals surface area contributed by atoms with Crippen molar-refractivity contribution in [3.8, 4) is 30.0 Å². The van der Waals surface area contributed by atoms with E-state index >= 15 is 0 Å². The summed E-state index contributed by atoms with van der Waals surface area (Å²) in [6.45, 7) is 0. The molecule has 0 spiro atoms. The number of terminal acetylenes is 1. The number of methoxy groups -OCH3 is 1.